The minimum absolute atomic E-state index is 0.0762. The summed E-state index contributed by atoms with van der Waals surface area (Å²) < 4.78 is 7.35. The maximum Gasteiger partial charge on any atom is 0.244 e. The number of nitrogens with one attached hydrogen (secondary N) is 1. The Balaban J connectivity index is 1.47. The van der Waals surface area contributed by atoms with Crippen molar-refractivity contribution in [1.82, 2.24) is 15.1 Å². The third-order valence-corrected chi connectivity index (χ3v) is 4.18. The van der Waals surface area contributed by atoms with E-state index in [9.17, 15) is 4.79 Å². The highest BCUT2D eigenvalue weighted by atomic mass is 32.1. The third kappa shape index (κ3) is 3.59. The number of carbonyl (C=O) groups is 1. The second kappa shape index (κ2) is 6.69. The molecule has 0 saturated carbocycles. The Labute approximate surface area is 127 Å². The Morgan fingerprint density at radius 1 is 1.57 bits per heavy atom. The molecule has 0 saturated heterocycles. The van der Waals surface area contributed by atoms with Gasteiger partial charge in [0, 0.05) is 35.2 Å². The SMILES string of the molecule is O=C(/C=C/c1cccs1)NCCn1ncc2c1CCOC2. The average Bonchev–Trinajstić information content (AvgIpc) is 3.15. The van der Waals surface area contributed by atoms with Crippen molar-refractivity contribution < 1.29 is 9.53 Å². The van der Waals surface area contributed by atoms with Gasteiger partial charge in [0.15, 0.2) is 0 Å². The van der Waals surface area contributed by atoms with Crippen LogP contribution in [0.1, 0.15) is 16.1 Å². The fourth-order valence-electron chi connectivity index (χ4n) is 2.29. The first-order valence-corrected chi connectivity index (χ1v) is 7.81. The highest BCUT2D eigenvalue weighted by Gasteiger charge is 2.14. The second-order valence-corrected chi connectivity index (χ2v) is 5.76. The molecule has 0 bridgehead atoms. The molecule has 6 heteroatoms. The molecule has 1 amide bonds. The maximum atomic E-state index is 11.7. The van der Waals surface area contributed by atoms with Crippen molar-refractivity contribution in [3.05, 3.63) is 45.9 Å². The molecule has 1 N–H and O–H groups in total. The first kappa shape index (κ1) is 14.0. The van der Waals surface area contributed by atoms with Crippen LogP contribution in [0.2, 0.25) is 0 Å². The molecule has 21 heavy (non-hydrogen) atoms. The molecular weight excluding hydrogens is 286 g/mol. The minimum Gasteiger partial charge on any atom is -0.376 e. The fourth-order valence-corrected chi connectivity index (χ4v) is 2.91. The van der Waals surface area contributed by atoms with E-state index in [1.807, 2.05) is 34.5 Å². The molecular formula is C15H17N3O2S. The lowest BCUT2D eigenvalue weighted by Crippen LogP contribution is -2.26. The zero-order valence-corrected chi connectivity index (χ0v) is 12.4. The molecule has 0 unspecified atom stereocenters. The first-order valence-electron chi connectivity index (χ1n) is 6.93. The highest BCUT2D eigenvalue weighted by Crippen LogP contribution is 2.15. The summed E-state index contributed by atoms with van der Waals surface area (Å²) in [6.45, 7) is 2.65. The summed E-state index contributed by atoms with van der Waals surface area (Å²) in [5, 5.41) is 9.22. The summed E-state index contributed by atoms with van der Waals surface area (Å²) in [7, 11) is 0. The predicted octanol–water partition coefficient (Wildman–Crippen LogP) is 1.85. The van der Waals surface area contributed by atoms with E-state index < -0.39 is 0 Å². The standard InChI is InChI=1S/C15H17N3O2S/c19-15(4-3-13-2-1-9-21-13)16-6-7-18-14-5-8-20-11-12(14)10-17-18/h1-4,9-10H,5-8,11H2,(H,16,19)/b4-3+. The van der Waals surface area contributed by atoms with Crippen LogP contribution in [0.15, 0.2) is 29.8 Å². The van der Waals surface area contributed by atoms with Crippen LogP contribution in [-0.4, -0.2) is 28.8 Å². The molecule has 3 heterocycles. The minimum atomic E-state index is -0.0762. The number of amides is 1. The van der Waals surface area contributed by atoms with Crippen LogP contribution in [0.3, 0.4) is 0 Å². The van der Waals surface area contributed by atoms with Crippen LogP contribution in [0.25, 0.3) is 6.08 Å². The summed E-state index contributed by atoms with van der Waals surface area (Å²) in [4.78, 5) is 12.8. The Kier molecular flexibility index (Phi) is 4.47. The predicted molar refractivity (Wildman–Crippen MR) is 81.9 cm³/mol. The van der Waals surface area contributed by atoms with Crippen molar-refractivity contribution >= 4 is 23.3 Å². The molecule has 0 radical (unpaired) electrons. The largest absolute Gasteiger partial charge is 0.376 e. The molecule has 0 aliphatic carbocycles. The van der Waals surface area contributed by atoms with Crippen LogP contribution >= 0.6 is 11.3 Å². The van der Waals surface area contributed by atoms with Gasteiger partial charge in [-0.3, -0.25) is 9.48 Å². The molecule has 1 aliphatic rings. The summed E-state index contributed by atoms with van der Waals surface area (Å²) in [6.07, 6.45) is 6.14. The number of rotatable bonds is 5. The molecule has 0 aromatic carbocycles. The van der Waals surface area contributed by atoms with Crippen molar-refractivity contribution in [2.75, 3.05) is 13.2 Å². The second-order valence-electron chi connectivity index (χ2n) is 4.78. The van der Waals surface area contributed by atoms with Gasteiger partial charge in [-0.25, -0.2) is 0 Å². The number of fused-ring (bicyclic) bond motifs is 1. The summed E-state index contributed by atoms with van der Waals surface area (Å²) >= 11 is 1.61. The molecule has 2 aromatic heterocycles. The third-order valence-electron chi connectivity index (χ3n) is 3.34. The summed E-state index contributed by atoms with van der Waals surface area (Å²) in [6, 6.07) is 3.94. The van der Waals surface area contributed by atoms with Gasteiger partial charge >= 0.3 is 0 Å². The summed E-state index contributed by atoms with van der Waals surface area (Å²) in [5.74, 6) is -0.0762. The number of aromatic nitrogens is 2. The van der Waals surface area contributed by atoms with Gasteiger partial charge in [0.25, 0.3) is 0 Å². The Morgan fingerprint density at radius 2 is 2.52 bits per heavy atom. The molecule has 3 rings (SSSR count). The van der Waals surface area contributed by atoms with E-state index in [2.05, 4.69) is 10.4 Å². The van der Waals surface area contributed by atoms with Crippen LogP contribution in [0, 0.1) is 0 Å². The van der Waals surface area contributed by atoms with Crippen molar-refractivity contribution in [3.63, 3.8) is 0 Å². The first-order chi connectivity index (χ1) is 10.3. The number of hydrogen-bond acceptors (Lipinski definition) is 4. The van der Waals surface area contributed by atoms with Crippen LogP contribution in [0.5, 0.6) is 0 Å². The normalized spacial score (nSPS) is 14.3. The fraction of sp³-hybridized carbons (Fsp3) is 0.333. The number of thiophene rings is 1. The van der Waals surface area contributed by atoms with Crippen molar-refractivity contribution in [1.29, 1.82) is 0 Å². The lowest BCUT2D eigenvalue weighted by Gasteiger charge is -2.14. The monoisotopic (exact) mass is 303 g/mol. The number of hydrogen-bond donors (Lipinski definition) is 1. The van der Waals surface area contributed by atoms with E-state index in [1.54, 1.807) is 17.4 Å². The zero-order valence-electron chi connectivity index (χ0n) is 11.6. The zero-order chi connectivity index (χ0) is 14.5. The van der Waals surface area contributed by atoms with Gasteiger partial charge in [-0.15, -0.1) is 11.3 Å². The van der Waals surface area contributed by atoms with E-state index in [1.165, 1.54) is 5.69 Å². The number of ether oxygens (including phenoxy) is 1. The summed E-state index contributed by atoms with van der Waals surface area (Å²) in [5.41, 5.74) is 2.38. The molecule has 0 spiro atoms. The molecule has 0 fully saturated rings. The average molecular weight is 303 g/mol. The van der Waals surface area contributed by atoms with E-state index in [0.717, 1.165) is 23.5 Å². The lowest BCUT2D eigenvalue weighted by atomic mass is 10.2. The Bertz CT molecular complexity index is 631. The highest BCUT2D eigenvalue weighted by molar-refractivity contribution is 7.10. The lowest BCUT2D eigenvalue weighted by molar-refractivity contribution is -0.116. The van der Waals surface area contributed by atoms with Gasteiger partial charge in [-0.2, -0.15) is 5.10 Å². The smallest absolute Gasteiger partial charge is 0.244 e. The quantitative estimate of drug-likeness (QED) is 0.858. The van der Waals surface area contributed by atoms with E-state index in [-0.39, 0.29) is 5.91 Å². The maximum absolute atomic E-state index is 11.7. The Morgan fingerprint density at radius 3 is 3.38 bits per heavy atom. The van der Waals surface area contributed by atoms with Gasteiger partial charge in [0.1, 0.15) is 0 Å². The van der Waals surface area contributed by atoms with E-state index >= 15 is 0 Å². The van der Waals surface area contributed by atoms with E-state index in [4.69, 9.17) is 4.74 Å². The van der Waals surface area contributed by atoms with Gasteiger partial charge in [0.05, 0.1) is 26.0 Å². The topological polar surface area (TPSA) is 56.2 Å². The van der Waals surface area contributed by atoms with Crippen LogP contribution < -0.4 is 5.32 Å². The van der Waals surface area contributed by atoms with Gasteiger partial charge in [0.2, 0.25) is 5.91 Å². The van der Waals surface area contributed by atoms with Crippen molar-refractivity contribution in [2.45, 2.75) is 19.6 Å². The molecule has 1 aliphatic heterocycles. The number of carbonyl (C=O) groups excluding carboxylic acids is 1. The van der Waals surface area contributed by atoms with Gasteiger partial charge < -0.3 is 10.1 Å². The van der Waals surface area contributed by atoms with Gasteiger partial charge in [-0.05, 0) is 17.5 Å². The molecule has 2 aromatic rings. The molecule has 110 valence electrons. The van der Waals surface area contributed by atoms with E-state index in [0.29, 0.717) is 19.7 Å². The number of nitrogens with zero attached hydrogens (tertiary/aromatic N) is 2. The van der Waals surface area contributed by atoms with Crippen molar-refractivity contribution in [2.24, 2.45) is 0 Å². The van der Waals surface area contributed by atoms with Crippen LogP contribution in [-0.2, 0) is 29.1 Å². The molecule has 5 nitrogen and oxygen atoms in total. The Hall–Kier alpha value is -1.92. The van der Waals surface area contributed by atoms with Gasteiger partial charge in [-0.1, -0.05) is 6.07 Å². The van der Waals surface area contributed by atoms with Crippen molar-refractivity contribution in [3.8, 4) is 0 Å². The van der Waals surface area contributed by atoms with Crippen LogP contribution in [0.4, 0.5) is 0 Å². The molecule has 0 atom stereocenters.